The van der Waals surface area contributed by atoms with Crippen LogP contribution >= 0.6 is 0 Å². The molecule has 0 saturated heterocycles. The molecule has 0 radical (unpaired) electrons. The Morgan fingerprint density at radius 2 is 1.85 bits per heavy atom. The van der Waals surface area contributed by atoms with E-state index in [-0.39, 0.29) is 6.42 Å². The predicted molar refractivity (Wildman–Crippen MR) is 39.8 cm³/mol. The molecule has 0 aromatic carbocycles. The fraction of sp³-hybridized carbons (Fsp3) is 0.429. The van der Waals surface area contributed by atoms with Gasteiger partial charge < -0.3 is 5.73 Å². The van der Waals surface area contributed by atoms with Gasteiger partial charge in [0.15, 0.2) is 0 Å². The van der Waals surface area contributed by atoms with E-state index in [1.54, 1.807) is 0 Å². The zero-order chi connectivity index (χ0) is 9.90. The molecule has 72 valence electrons. The highest BCUT2D eigenvalue weighted by molar-refractivity contribution is 5.05. The Labute approximate surface area is 72.8 Å². The van der Waals surface area contributed by atoms with Crippen LogP contribution in [-0.2, 0) is 6.42 Å². The van der Waals surface area contributed by atoms with Crippen molar-refractivity contribution in [2.75, 3.05) is 0 Å². The number of alkyl halides is 3. The van der Waals surface area contributed by atoms with Crippen LogP contribution in [0.5, 0.6) is 0 Å². The SMILES string of the molecule is NC(Cc1cncnc1)C(F)(F)F. The molecule has 1 heterocycles. The van der Waals surface area contributed by atoms with E-state index in [2.05, 4.69) is 9.97 Å². The van der Waals surface area contributed by atoms with Crippen molar-refractivity contribution >= 4 is 0 Å². The lowest BCUT2D eigenvalue weighted by Gasteiger charge is -2.14. The molecule has 1 rings (SSSR count). The Morgan fingerprint density at radius 1 is 1.31 bits per heavy atom. The quantitative estimate of drug-likeness (QED) is 0.755. The number of nitrogens with two attached hydrogens (primary N) is 1. The van der Waals surface area contributed by atoms with Crippen LogP contribution in [0.4, 0.5) is 13.2 Å². The van der Waals surface area contributed by atoms with Crippen LogP contribution in [0.25, 0.3) is 0 Å². The third kappa shape index (κ3) is 2.98. The second-order valence-electron chi connectivity index (χ2n) is 2.60. The summed E-state index contributed by atoms with van der Waals surface area (Å²) in [5.41, 5.74) is 5.28. The lowest BCUT2D eigenvalue weighted by Crippen LogP contribution is -2.39. The van der Waals surface area contributed by atoms with E-state index < -0.39 is 12.2 Å². The Kier molecular flexibility index (Phi) is 2.82. The summed E-state index contributed by atoms with van der Waals surface area (Å²) < 4.78 is 35.9. The van der Waals surface area contributed by atoms with Crippen LogP contribution < -0.4 is 5.73 Å². The summed E-state index contributed by atoms with van der Waals surface area (Å²) in [6.07, 6.45) is -0.764. The maximum Gasteiger partial charge on any atom is 0.403 e. The Bertz CT molecular complexity index is 259. The molecule has 2 N–H and O–H groups in total. The van der Waals surface area contributed by atoms with Gasteiger partial charge in [0.2, 0.25) is 0 Å². The molecule has 0 aliphatic carbocycles. The molecule has 0 spiro atoms. The monoisotopic (exact) mass is 191 g/mol. The van der Waals surface area contributed by atoms with Crippen molar-refractivity contribution in [2.24, 2.45) is 5.73 Å². The lowest BCUT2D eigenvalue weighted by atomic mass is 10.1. The van der Waals surface area contributed by atoms with Gasteiger partial charge in [-0.25, -0.2) is 9.97 Å². The zero-order valence-corrected chi connectivity index (χ0v) is 6.62. The molecule has 1 atom stereocenters. The van der Waals surface area contributed by atoms with Crippen LogP contribution in [0.3, 0.4) is 0 Å². The molecule has 1 aromatic heterocycles. The van der Waals surface area contributed by atoms with Gasteiger partial charge in [0.05, 0.1) is 0 Å². The van der Waals surface area contributed by atoms with Crippen molar-refractivity contribution in [3.63, 3.8) is 0 Å². The van der Waals surface area contributed by atoms with Crippen molar-refractivity contribution in [2.45, 2.75) is 18.6 Å². The van der Waals surface area contributed by atoms with Gasteiger partial charge in [-0.15, -0.1) is 0 Å². The summed E-state index contributed by atoms with van der Waals surface area (Å²) in [7, 11) is 0. The fourth-order valence-corrected chi connectivity index (χ4v) is 0.805. The van der Waals surface area contributed by atoms with Crippen LogP contribution in [0.1, 0.15) is 5.56 Å². The summed E-state index contributed by atoms with van der Waals surface area (Å²) in [4.78, 5) is 7.17. The van der Waals surface area contributed by atoms with E-state index in [4.69, 9.17) is 5.73 Å². The second-order valence-corrected chi connectivity index (χ2v) is 2.60. The number of hydrogen-bond acceptors (Lipinski definition) is 3. The van der Waals surface area contributed by atoms with Crippen molar-refractivity contribution in [1.82, 2.24) is 9.97 Å². The molecule has 0 bridgehead atoms. The standard InChI is InChI=1S/C7H8F3N3/c8-7(9,10)6(11)1-5-2-12-4-13-3-5/h2-4,6H,1,11H2. The van der Waals surface area contributed by atoms with E-state index >= 15 is 0 Å². The zero-order valence-electron chi connectivity index (χ0n) is 6.62. The molecule has 0 saturated carbocycles. The average molecular weight is 191 g/mol. The summed E-state index contributed by atoms with van der Waals surface area (Å²) in [6, 6.07) is -1.85. The third-order valence-corrected chi connectivity index (χ3v) is 1.49. The van der Waals surface area contributed by atoms with Gasteiger partial charge in [-0.05, 0) is 12.0 Å². The molecule has 0 aliphatic heterocycles. The summed E-state index contributed by atoms with van der Waals surface area (Å²) >= 11 is 0. The number of aromatic nitrogens is 2. The van der Waals surface area contributed by atoms with E-state index in [1.807, 2.05) is 0 Å². The summed E-state index contributed by atoms with van der Waals surface area (Å²) in [5.74, 6) is 0. The second kappa shape index (κ2) is 3.69. The van der Waals surface area contributed by atoms with Crippen molar-refractivity contribution in [3.8, 4) is 0 Å². The smallest absolute Gasteiger partial charge is 0.320 e. The van der Waals surface area contributed by atoms with Crippen LogP contribution in [0.2, 0.25) is 0 Å². The van der Waals surface area contributed by atoms with Gasteiger partial charge in [0.25, 0.3) is 0 Å². The average Bonchev–Trinajstić information content (AvgIpc) is 2.04. The first-order valence-corrected chi connectivity index (χ1v) is 3.56. The van der Waals surface area contributed by atoms with Crippen molar-refractivity contribution < 1.29 is 13.2 Å². The minimum atomic E-state index is -4.37. The molecular formula is C7H8F3N3. The highest BCUT2D eigenvalue weighted by Gasteiger charge is 2.36. The molecule has 0 amide bonds. The van der Waals surface area contributed by atoms with E-state index in [1.165, 1.54) is 18.7 Å². The van der Waals surface area contributed by atoms with Gasteiger partial charge in [0, 0.05) is 12.4 Å². The highest BCUT2D eigenvalue weighted by Crippen LogP contribution is 2.20. The minimum Gasteiger partial charge on any atom is -0.320 e. The van der Waals surface area contributed by atoms with Gasteiger partial charge in [-0.3, -0.25) is 0 Å². The Balaban J connectivity index is 2.61. The van der Waals surface area contributed by atoms with Gasteiger partial charge in [0.1, 0.15) is 12.4 Å². The van der Waals surface area contributed by atoms with Crippen molar-refractivity contribution in [1.29, 1.82) is 0 Å². The van der Waals surface area contributed by atoms with Crippen molar-refractivity contribution in [3.05, 3.63) is 24.3 Å². The molecule has 3 nitrogen and oxygen atoms in total. The topological polar surface area (TPSA) is 51.8 Å². The molecule has 13 heavy (non-hydrogen) atoms. The molecular weight excluding hydrogens is 183 g/mol. The summed E-state index contributed by atoms with van der Waals surface area (Å²) in [5, 5.41) is 0. The maximum atomic E-state index is 12.0. The fourth-order valence-electron chi connectivity index (χ4n) is 0.805. The molecule has 0 aliphatic rings. The van der Waals surface area contributed by atoms with Crippen LogP contribution in [0.15, 0.2) is 18.7 Å². The molecule has 1 aromatic rings. The Hall–Kier alpha value is -1.17. The largest absolute Gasteiger partial charge is 0.403 e. The van der Waals surface area contributed by atoms with Gasteiger partial charge in [-0.2, -0.15) is 13.2 Å². The predicted octanol–water partition coefficient (Wildman–Crippen LogP) is 0.909. The number of rotatable bonds is 2. The molecule has 1 unspecified atom stereocenters. The first-order chi connectivity index (χ1) is 6.00. The number of hydrogen-bond donors (Lipinski definition) is 1. The number of nitrogens with zero attached hydrogens (tertiary/aromatic N) is 2. The molecule has 0 fully saturated rings. The van der Waals surface area contributed by atoms with Gasteiger partial charge in [-0.1, -0.05) is 0 Å². The lowest BCUT2D eigenvalue weighted by molar-refractivity contribution is -0.147. The van der Waals surface area contributed by atoms with E-state index in [9.17, 15) is 13.2 Å². The highest BCUT2D eigenvalue weighted by atomic mass is 19.4. The maximum absolute atomic E-state index is 12.0. The molecule has 6 heteroatoms. The summed E-state index contributed by atoms with van der Waals surface area (Å²) in [6.45, 7) is 0. The van der Waals surface area contributed by atoms with Gasteiger partial charge >= 0.3 is 6.18 Å². The Morgan fingerprint density at radius 3 is 2.31 bits per heavy atom. The number of halogens is 3. The van der Waals surface area contributed by atoms with E-state index in [0.29, 0.717) is 5.56 Å². The van der Waals surface area contributed by atoms with Crippen LogP contribution in [-0.4, -0.2) is 22.2 Å². The third-order valence-electron chi connectivity index (χ3n) is 1.49. The van der Waals surface area contributed by atoms with E-state index in [0.717, 1.165) is 0 Å². The minimum absolute atomic E-state index is 0.287. The van der Waals surface area contributed by atoms with Crippen LogP contribution in [0, 0.1) is 0 Å². The normalized spacial score (nSPS) is 14.2. The first kappa shape index (κ1) is 9.91. The first-order valence-electron chi connectivity index (χ1n) is 3.56.